The molecule has 0 N–H and O–H groups in total. The molecule has 2 heterocycles. The molecule has 1 aromatic carbocycles. The van der Waals surface area contributed by atoms with Crippen molar-refractivity contribution in [1.82, 2.24) is 9.80 Å². The number of nitrogens with zero attached hydrogens (tertiary/aromatic N) is 3. The van der Waals surface area contributed by atoms with Gasteiger partial charge >= 0.3 is 6.61 Å². The summed E-state index contributed by atoms with van der Waals surface area (Å²) in [7, 11) is 0. The molecule has 28 heavy (non-hydrogen) atoms. The number of halogens is 2. The summed E-state index contributed by atoms with van der Waals surface area (Å²) in [6.07, 6.45) is 2.70. The van der Waals surface area contributed by atoms with Crippen molar-refractivity contribution in [3.8, 4) is 5.75 Å². The number of hydrogen-bond donors (Lipinski definition) is 0. The third-order valence-corrected chi connectivity index (χ3v) is 5.84. The minimum atomic E-state index is -2.81. The van der Waals surface area contributed by atoms with Gasteiger partial charge in [-0.2, -0.15) is 8.78 Å². The Hall–Kier alpha value is -1.89. The fraction of sp³-hybridized carbons (Fsp3) is 0.667. The van der Waals surface area contributed by atoms with Crippen molar-refractivity contribution < 1.29 is 18.3 Å². The van der Waals surface area contributed by atoms with Gasteiger partial charge < -0.3 is 14.5 Å². The monoisotopic (exact) mass is 395 g/mol. The Kier molecular flexibility index (Phi) is 7.10. The number of rotatable bonds is 5. The Morgan fingerprint density at radius 2 is 1.68 bits per heavy atom. The summed E-state index contributed by atoms with van der Waals surface area (Å²) in [6, 6.07) is 7.26. The van der Waals surface area contributed by atoms with Crippen LogP contribution in [0.15, 0.2) is 24.3 Å². The summed E-state index contributed by atoms with van der Waals surface area (Å²) < 4.78 is 28.9. The molecule has 0 spiro atoms. The number of hydrogen-bond acceptors (Lipinski definition) is 4. The normalized spacial score (nSPS) is 19.9. The molecule has 1 aromatic rings. The van der Waals surface area contributed by atoms with Crippen LogP contribution in [0.3, 0.4) is 0 Å². The van der Waals surface area contributed by atoms with Crippen molar-refractivity contribution in [3.05, 3.63) is 24.3 Å². The quantitative estimate of drug-likeness (QED) is 0.765. The van der Waals surface area contributed by atoms with Crippen LogP contribution < -0.4 is 9.64 Å². The number of piperidine rings is 1. The minimum Gasteiger partial charge on any atom is -0.435 e. The molecule has 0 unspecified atom stereocenters. The molecule has 0 aliphatic carbocycles. The number of carbonyl (C=O) groups is 1. The van der Waals surface area contributed by atoms with Gasteiger partial charge in [0.1, 0.15) is 5.75 Å². The lowest BCUT2D eigenvalue weighted by Crippen LogP contribution is -2.44. The van der Waals surface area contributed by atoms with E-state index >= 15 is 0 Å². The summed E-state index contributed by atoms with van der Waals surface area (Å²) in [6.45, 7) is 6.91. The van der Waals surface area contributed by atoms with Crippen LogP contribution in [-0.2, 0) is 4.79 Å². The molecular formula is C21H31F2N3O2. The van der Waals surface area contributed by atoms with Crippen molar-refractivity contribution in [3.63, 3.8) is 0 Å². The molecule has 0 aromatic heterocycles. The van der Waals surface area contributed by atoms with Crippen LogP contribution in [-0.4, -0.2) is 67.6 Å². The standard InChI is InChI=1S/C21H31F2N3O2/c1-16(2)24-10-3-11-26(15-14-24)20(27)17-8-12-25(13-9-17)18-4-6-19(7-5-18)28-21(22)23/h4-7,16-17,21H,3,8-15H2,1-2H3. The number of anilines is 1. The van der Waals surface area contributed by atoms with Crippen molar-refractivity contribution in [2.45, 2.75) is 45.8 Å². The Balaban J connectivity index is 1.50. The van der Waals surface area contributed by atoms with Gasteiger partial charge in [-0.05, 0) is 57.4 Å². The van der Waals surface area contributed by atoms with Crippen LogP contribution in [0.1, 0.15) is 33.1 Å². The molecule has 3 rings (SSSR count). The average molecular weight is 395 g/mol. The molecule has 2 aliphatic rings. The van der Waals surface area contributed by atoms with E-state index < -0.39 is 6.61 Å². The van der Waals surface area contributed by atoms with E-state index in [4.69, 9.17) is 0 Å². The third-order valence-electron chi connectivity index (χ3n) is 5.84. The molecule has 0 bridgehead atoms. The van der Waals surface area contributed by atoms with E-state index in [9.17, 15) is 13.6 Å². The predicted octanol–water partition coefficient (Wildman–Crippen LogP) is 3.45. The fourth-order valence-corrected chi connectivity index (χ4v) is 4.16. The Morgan fingerprint density at radius 3 is 2.29 bits per heavy atom. The highest BCUT2D eigenvalue weighted by atomic mass is 19.3. The van der Waals surface area contributed by atoms with Gasteiger partial charge in [0.25, 0.3) is 0 Å². The van der Waals surface area contributed by atoms with Gasteiger partial charge in [-0.3, -0.25) is 9.69 Å². The van der Waals surface area contributed by atoms with Crippen molar-refractivity contribution >= 4 is 11.6 Å². The molecule has 2 saturated heterocycles. The van der Waals surface area contributed by atoms with Crippen LogP contribution in [0.4, 0.5) is 14.5 Å². The van der Waals surface area contributed by atoms with Gasteiger partial charge in [0.2, 0.25) is 5.91 Å². The van der Waals surface area contributed by atoms with E-state index in [0.717, 1.165) is 64.2 Å². The van der Waals surface area contributed by atoms with Gasteiger partial charge in [-0.25, -0.2) is 0 Å². The number of ether oxygens (including phenoxy) is 1. The van der Waals surface area contributed by atoms with E-state index in [-0.39, 0.29) is 11.7 Å². The lowest BCUT2D eigenvalue weighted by Gasteiger charge is -2.35. The molecular weight excluding hydrogens is 364 g/mol. The first-order valence-corrected chi connectivity index (χ1v) is 10.3. The Labute approximate surface area is 166 Å². The summed E-state index contributed by atoms with van der Waals surface area (Å²) in [5.74, 6) is 0.551. The first kappa shape index (κ1) is 20.8. The fourth-order valence-electron chi connectivity index (χ4n) is 4.16. The van der Waals surface area contributed by atoms with E-state index in [1.165, 1.54) is 0 Å². The van der Waals surface area contributed by atoms with E-state index in [2.05, 4.69) is 33.3 Å². The number of alkyl halides is 2. The lowest BCUT2D eigenvalue weighted by atomic mass is 9.94. The largest absolute Gasteiger partial charge is 0.435 e. The summed E-state index contributed by atoms with van der Waals surface area (Å²) in [5.41, 5.74) is 0.981. The van der Waals surface area contributed by atoms with Gasteiger partial charge in [0.05, 0.1) is 0 Å². The highest BCUT2D eigenvalue weighted by Crippen LogP contribution is 2.27. The number of amides is 1. The highest BCUT2D eigenvalue weighted by Gasteiger charge is 2.30. The maximum Gasteiger partial charge on any atom is 0.387 e. The molecule has 5 nitrogen and oxygen atoms in total. The van der Waals surface area contributed by atoms with Crippen LogP contribution in [0, 0.1) is 5.92 Å². The van der Waals surface area contributed by atoms with Crippen LogP contribution in [0.2, 0.25) is 0 Å². The maximum atomic E-state index is 13.0. The summed E-state index contributed by atoms with van der Waals surface area (Å²) in [5, 5.41) is 0. The Morgan fingerprint density at radius 1 is 1.00 bits per heavy atom. The molecule has 7 heteroatoms. The number of carbonyl (C=O) groups excluding carboxylic acids is 1. The number of benzene rings is 1. The third kappa shape index (κ3) is 5.34. The van der Waals surface area contributed by atoms with Crippen molar-refractivity contribution in [2.24, 2.45) is 5.92 Å². The van der Waals surface area contributed by atoms with Crippen molar-refractivity contribution in [2.75, 3.05) is 44.2 Å². The van der Waals surface area contributed by atoms with E-state index in [0.29, 0.717) is 11.9 Å². The van der Waals surface area contributed by atoms with Crippen molar-refractivity contribution in [1.29, 1.82) is 0 Å². The first-order chi connectivity index (χ1) is 13.4. The second-order valence-electron chi connectivity index (χ2n) is 7.94. The molecule has 0 radical (unpaired) electrons. The van der Waals surface area contributed by atoms with Crippen LogP contribution >= 0.6 is 0 Å². The van der Waals surface area contributed by atoms with Gasteiger partial charge in [0, 0.05) is 56.9 Å². The smallest absolute Gasteiger partial charge is 0.387 e. The molecule has 0 saturated carbocycles. The molecule has 156 valence electrons. The zero-order valence-corrected chi connectivity index (χ0v) is 16.8. The van der Waals surface area contributed by atoms with E-state index in [1.54, 1.807) is 24.3 Å². The molecule has 1 amide bonds. The zero-order chi connectivity index (χ0) is 20.1. The second kappa shape index (κ2) is 9.54. The lowest BCUT2D eigenvalue weighted by molar-refractivity contribution is -0.136. The topological polar surface area (TPSA) is 36.0 Å². The van der Waals surface area contributed by atoms with Crippen LogP contribution in [0.25, 0.3) is 0 Å². The van der Waals surface area contributed by atoms with Gasteiger partial charge in [0.15, 0.2) is 0 Å². The maximum absolute atomic E-state index is 13.0. The summed E-state index contributed by atoms with van der Waals surface area (Å²) >= 11 is 0. The summed E-state index contributed by atoms with van der Waals surface area (Å²) in [4.78, 5) is 19.7. The van der Waals surface area contributed by atoms with Crippen LogP contribution in [0.5, 0.6) is 5.75 Å². The van der Waals surface area contributed by atoms with Gasteiger partial charge in [-0.15, -0.1) is 0 Å². The zero-order valence-electron chi connectivity index (χ0n) is 16.8. The highest BCUT2D eigenvalue weighted by molar-refractivity contribution is 5.79. The minimum absolute atomic E-state index is 0.0864. The SMILES string of the molecule is CC(C)N1CCCN(C(=O)C2CCN(c3ccc(OC(F)F)cc3)CC2)CC1. The molecule has 2 aliphatic heterocycles. The second-order valence-corrected chi connectivity index (χ2v) is 7.94. The average Bonchev–Trinajstić information content (AvgIpc) is 2.94. The van der Waals surface area contributed by atoms with Gasteiger partial charge in [-0.1, -0.05) is 0 Å². The first-order valence-electron chi connectivity index (χ1n) is 10.3. The molecule has 0 atom stereocenters. The molecule has 2 fully saturated rings. The predicted molar refractivity (Wildman–Crippen MR) is 106 cm³/mol. The van der Waals surface area contributed by atoms with E-state index in [1.807, 2.05) is 0 Å². The Bertz CT molecular complexity index is 631.